The topological polar surface area (TPSA) is 52.6 Å². The third-order valence-corrected chi connectivity index (χ3v) is 1.88. The summed E-state index contributed by atoms with van der Waals surface area (Å²) in [6.45, 7) is 0.690. The highest BCUT2D eigenvalue weighted by Crippen LogP contribution is 2.37. The number of esters is 2. The SMILES string of the molecule is O=C1CC2(COC2)C(=O)O1. The third-order valence-electron chi connectivity index (χ3n) is 1.88. The first-order valence-corrected chi connectivity index (χ1v) is 3.06. The summed E-state index contributed by atoms with van der Waals surface area (Å²) in [7, 11) is 0. The molecule has 0 aromatic rings. The van der Waals surface area contributed by atoms with Gasteiger partial charge in [0, 0.05) is 0 Å². The van der Waals surface area contributed by atoms with E-state index in [0.29, 0.717) is 13.2 Å². The van der Waals surface area contributed by atoms with Crippen LogP contribution in [-0.4, -0.2) is 25.2 Å². The summed E-state index contributed by atoms with van der Waals surface area (Å²) in [6.07, 6.45) is 0.200. The number of hydrogen-bond donors (Lipinski definition) is 0. The fraction of sp³-hybridized carbons (Fsp3) is 0.667. The highest BCUT2D eigenvalue weighted by Gasteiger charge is 2.54. The molecule has 2 saturated heterocycles. The van der Waals surface area contributed by atoms with Crippen LogP contribution in [0.2, 0.25) is 0 Å². The Kier molecular flexibility index (Phi) is 0.922. The lowest BCUT2D eigenvalue weighted by atomic mass is 9.85. The highest BCUT2D eigenvalue weighted by molar-refractivity contribution is 5.98. The molecule has 1 spiro atoms. The molecule has 2 aliphatic rings. The molecule has 0 N–H and O–H groups in total. The summed E-state index contributed by atoms with van der Waals surface area (Å²) >= 11 is 0. The van der Waals surface area contributed by atoms with Gasteiger partial charge in [-0.25, -0.2) is 0 Å². The number of cyclic esters (lactones) is 2. The van der Waals surface area contributed by atoms with Gasteiger partial charge in [-0.1, -0.05) is 0 Å². The molecule has 4 nitrogen and oxygen atoms in total. The Morgan fingerprint density at radius 3 is 2.20 bits per heavy atom. The van der Waals surface area contributed by atoms with Crippen LogP contribution in [0.3, 0.4) is 0 Å². The van der Waals surface area contributed by atoms with Gasteiger partial charge in [-0.05, 0) is 0 Å². The fourth-order valence-electron chi connectivity index (χ4n) is 1.16. The number of carbonyl (C=O) groups excluding carboxylic acids is 2. The van der Waals surface area contributed by atoms with E-state index in [1.807, 2.05) is 0 Å². The van der Waals surface area contributed by atoms with Crippen LogP contribution in [0.4, 0.5) is 0 Å². The van der Waals surface area contributed by atoms with Crippen molar-refractivity contribution in [1.82, 2.24) is 0 Å². The predicted molar refractivity (Wildman–Crippen MR) is 29.0 cm³/mol. The van der Waals surface area contributed by atoms with Crippen molar-refractivity contribution in [2.75, 3.05) is 13.2 Å². The summed E-state index contributed by atoms with van der Waals surface area (Å²) in [5.41, 5.74) is -0.586. The van der Waals surface area contributed by atoms with E-state index in [0.717, 1.165) is 0 Å². The molecular formula is C6H6O4. The molecule has 2 aliphatic heterocycles. The minimum atomic E-state index is -0.586. The van der Waals surface area contributed by atoms with E-state index in [1.54, 1.807) is 0 Å². The molecule has 54 valence electrons. The lowest BCUT2D eigenvalue weighted by Crippen LogP contribution is -2.46. The van der Waals surface area contributed by atoms with Gasteiger partial charge in [-0.3, -0.25) is 9.59 Å². The molecule has 0 atom stereocenters. The normalized spacial score (nSPS) is 28.4. The number of hydrogen-bond acceptors (Lipinski definition) is 4. The van der Waals surface area contributed by atoms with Gasteiger partial charge in [0.25, 0.3) is 0 Å². The molecule has 0 unspecified atom stereocenters. The van der Waals surface area contributed by atoms with E-state index in [-0.39, 0.29) is 6.42 Å². The second-order valence-electron chi connectivity index (χ2n) is 2.71. The maximum absolute atomic E-state index is 10.9. The Hall–Kier alpha value is -0.900. The lowest BCUT2D eigenvalue weighted by Gasteiger charge is -2.32. The van der Waals surface area contributed by atoms with E-state index < -0.39 is 17.4 Å². The van der Waals surface area contributed by atoms with Crippen molar-refractivity contribution in [1.29, 1.82) is 0 Å². The summed E-state index contributed by atoms with van der Waals surface area (Å²) in [6, 6.07) is 0. The monoisotopic (exact) mass is 142 g/mol. The molecule has 0 saturated carbocycles. The van der Waals surface area contributed by atoms with Crippen LogP contribution in [-0.2, 0) is 19.1 Å². The number of rotatable bonds is 0. The average Bonchev–Trinajstić information content (AvgIpc) is 2.04. The zero-order valence-corrected chi connectivity index (χ0v) is 5.25. The standard InChI is InChI=1S/C6H6O4/c7-4-1-6(2-9-3-6)5(8)10-4/h1-3H2. The van der Waals surface area contributed by atoms with E-state index in [9.17, 15) is 9.59 Å². The Balaban J connectivity index is 2.23. The van der Waals surface area contributed by atoms with Gasteiger partial charge in [-0.2, -0.15) is 0 Å². The average molecular weight is 142 g/mol. The Bertz CT molecular complexity index is 204. The summed E-state index contributed by atoms with van der Waals surface area (Å²) in [4.78, 5) is 21.4. The lowest BCUT2D eigenvalue weighted by molar-refractivity contribution is -0.170. The van der Waals surface area contributed by atoms with Crippen molar-refractivity contribution in [2.24, 2.45) is 5.41 Å². The van der Waals surface area contributed by atoms with Gasteiger partial charge in [0.15, 0.2) is 0 Å². The quantitative estimate of drug-likeness (QED) is 0.337. The van der Waals surface area contributed by atoms with Gasteiger partial charge < -0.3 is 9.47 Å². The zero-order valence-electron chi connectivity index (χ0n) is 5.25. The molecule has 2 heterocycles. The van der Waals surface area contributed by atoms with Gasteiger partial charge in [-0.15, -0.1) is 0 Å². The molecule has 0 aliphatic carbocycles. The van der Waals surface area contributed by atoms with Crippen LogP contribution in [0.25, 0.3) is 0 Å². The van der Waals surface area contributed by atoms with Crippen LogP contribution in [0.1, 0.15) is 6.42 Å². The summed E-state index contributed by atoms with van der Waals surface area (Å²) < 4.78 is 9.19. The van der Waals surface area contributed by atoms with Crippen molar-refractivity contribution >= 4 is 11.9 Å². The molecule has 2 rings (SSSR count). The second kappa shape index (κ2) is 1.58. The Labute approximate surface area is 57.1 Å². The van der Waals surface area contributed by atoms with E-state index >= 15 is 0 Å². The third kappa shape index (κ3) is 0.541. The smallest absolute Gasteiger partial charge is 0.325 e. The van der Waals surface area contributed by atoms with Gasteiger partial charge >= 0.3 is 11.9 Å². The largest absolute Gasteiger partial charge is 0.393 e. The first-order chi connectivity index (χ1) is 4.73. The van der Waals surface area contributed by atoms with Crippen LogP contribution in [0.15, 0.2) is 0 Å². The van der Waals surface area contributed by atoms with Crippen molar-refractivity contribution in [2.45, 2.75) is 6.42 Å². The maximum atomic E-state index is 10.9. The van der Waals surface area contributed by atoms with Gasteiger partial charge in [0.1, 0.15) is 5.41 Å². The van der Waals surface area contributed by atoms with Gasteiger partial charge in [0.05, 0.1) is 19.6 Å². The predicted octanol–water partition coefficient (Wildman–Crippen LogP) is -0.524. The Morgan fingerprint density at radius 1 is 1.30 bits per heavy atom. The first kappa shape index (κ1) is 5.85. The highest BCUT2D eigenvalue weighted by atomic mass is 16.6. The Morgan fingerprint density at radius 2 is 2.00 bits per heavy atom. The fourth-order valence-corrected chi connectivity index (χ4v) is 1.16. The molecule has 0 radical (unpaired) electrons. The van der Waals surface area contributed by atoms with Crippen LogP contribution < -0.4 is 0 Å². The first-order valence-electron chi connectivity index (χ1n) is 3.06. The summed E-state index contributed by atoms with van der Waals surface area (Å²) in [5.74, 6) is -0.836. The summed E-state index contributed by atoms with van der Waals surface area (Å²) in [5, 5.41) is 0. The van der Waals surface area contributed by atoms with E-state index in [1.165, 1.54) is 0 Å². The van der Waals surface area contributed by atoms with E-state index in [2.05, 4.69) is 4.74 Å². The zero-order chi connectivity index (χ0) is 7.19. The molecular weight excluding hydrogens is 136 g/mol. The number of carbonyl (C=O) groups is 2. The van der Waals surface area contributed by atoms with Crippen molar-refractivity contribution in [3.8, 4) is 0 Å². The number of ether oxygens (including phenoxy) is 2. The molecule has 0 bridgehead atoms. The van der Waals surface area contributed by atoms with Crippen LogP contribution >= 0.6 is 0 Å². The van der Waals surface area contributed by atoms with Crippen molar-refractivity contribution in [3.05, 3.63) is 0 Å². The molecule has 4 heteroatoms. The molecule has 10 heavy (non-hydrogen) atoms. The van der Waals surface area contributed by atoms with E-state index in [4.69, 9.17) is 4.74 Å². The van der Waals surface area contributed by atoms with Crippen LogP contribution in [0, 0.1) is 5.41 Å². The molecule has 2 fully saturated rings. The molecule has 0 aromatic carbocycles. The van der Waals surface area contributed by atoms with Crippen LogP contribution in [0.5, 0.6) is 0 Å². The van der Waals surface area contributed by atoms with Crippen molar-refractivity contribution < 1.29 is 19.1 Å². The molecule has 0 amide bonds. The maximum Gasteiger partial charge on any atom is 0.325 e. The van der Waals surface area contributed by atoms with Crippen molar-refractivity contribution in [3.63, 3.8) is 0 Å². The van der Waals surface area contributed by atoms with Gasteiger partial charge in [0.2, 0.25) is 0 Å². The second-order valence-corrected chi connectivity index (χ2v) is 2.71. The minimum Gasteiger partial charge on any atom is -0.393 e. The minimum absolute atomic E-state index is 0.200. The molecule has 0 aromatic heterocycles.